The number of β-amino-alcohol motifs (C(OH)–C–C–N with tert-alkyl or cyclic N) is 1. The Morgan fingerprint density at radius 3 is 2.60 bits per heavy atom. The van der Waals surface area contributed by atoms with Gasteiger partial charge in [-0.25, -0.2) is 0 Å². The minimum absolute atomic E-state index is 0.246. The summed E-state index contributed by atoms with van der Waals surface area (Å²) < 4.78 is 11.4. The van der Waals surface area contributed by atoms with E-state index in [-0.39, 0.29) is 6.61 Å². The summed E-state index contributed by atoms with van der Waals surface area (Å²) in [5.74, 6) is 1.34. The molecule has 1 aromatic heterocycles. The Kier molecular flexibility index (Phi) is 8.45. The van der Waals surface area contributed by atoms with Crippen LogP contribution >= 0.6 is 0 Å². The van der Waals surface area contributed by atoms with E-state index in [0.717, 1.165) is 50.5 Å². The minimum Gasteiger partial charge on any atom is -0.493 e. The van der Waals surface area contributed by atoms with Gasteiger partial charge in [0.1, 0.15) is 12.7 Å². The van der Waals surface area contributed by atoms with Crippen molar-refractivity contribution in [1.82, 2.24) is 19.7 Å². The maximum atomic E-state index is 10.4. The molecular weight excluding hydrogens is 380 g/mol. The SMILES string of the molecule is COc1ccc(CN(C)Cc2ccccn2)cc1OC[C@@H](O)CN1CCN(C)CC1. The van der Waals surface area contributed by atoms with Gasteiger partial charge >= 0.3 is 0 Å². The maximum Gasteiger partial charge on any atom is 0.161 e. The number of methoxy groups -OCH3 is 1. The Morgan fingerprint density at radius 2 is 1.90 bits per heavy atom. The Morgan fingerprint density at radius 1 is 1.10 bits per heavy atom. The first-order valence-corrected chi connectivity index (χ1v) is 10.5. The number of aliphatic hydroxyl groups excluding tert-OH is 1. The Hall–Kier alpha value is -2.19. The number of likely N-dealkylation sites (N-methyl/N-ethyl adjacent to an activating group) is 1. The van der Waals surface area contributed by atoms with Crippen LogP contribution in [-0.4, -0.2) is 91.4 Å². The van der Waals surface area contributed by atoms with E-state index in [9.17, 15) is 5.11 Å². The molecule has 0 spiro atoms. The van der Waals surface area contributed by atoms with Gasteiger partial charge in [0.2, 0.25) is 0 Å². The van der Waals surface area contributed by atoms with E-state index in [0.29, 0.717) is 18.0 Å². The van der Waals surface area contributed by atoms with Crippen LogP contribution in [0.3, 0.4) is 0 Å². The van der Waals surface area contributed by atoms with Gasteiger partial charge in [-0.15, -0.1) is 0 Å². The van der Waals surface area contributed by atoms with Crippen molar-refractivity contribution < 1.29 is 14.6 Å². The molecule has 2 aromatic rings. The number of aliphatic hydroxyl groups is 1. The van der Waals surface area contributed by atoms with Gasteiger partial charge in [0.05, 0.1) is 12.8 Å². The summed E-state index contributed by atoms with van der Waals surface area (Å²) in [6.45, 7) is 6.45. The molecule has 1 atom stereocenters. The van der Waals surface area contributed by atoms with Crippen LogP contribution in [0.5, 0.6) is 11.5 Å². The predicted molar refractivity (Wildman–Crippen MR) is 118 cm³/mol. The van der Waals surface area contributed by atoms with E-state index in [1.165, 1.54) is 0 Å². The molecule has 0 saturated carbocycles. The van der Waals surface area contributed by atoms with Crippen molar-refractivity contribution in [3.8, 4) is 11.5 Å². The molecule has 7 nitrogen and oxygen atoms in total. The van der Waals surface area contributed by atoms with Crippen LogP contribution in [-0.2, 0) is 13.1 Å². The van der Waals surface area contributed by atoms with E-state index in [2.05, 4.69) is 33.8 Å². The average Bonchev–Trinajstić information content (AvgIpc) is 2.74. The molecule has 1 aliphatic heterocycles. The Labute approximate surface area is 179 Å². The average molecular weight is 415 g/mol. The fourth-order valence-corrected chi connectivity index (χ4v) is 3.64. The molecular formula is C23H34N4O3. The van der Waals surface area contributed by atoms with Crippen LogP contribution < -0.4 is 9.47 Å². The van der Waals surface area contributed by atoms with Gasteiger partial charge in [-0.2, -0.15) is 0 Å². The Bertz CT molecular complexity index is 766. The van der Waals surface area contributed by atoms with Crippen molar-refractivity contribution in [2.75, 3.05) is 60.5 Å². The summed E-state index contributed by atoms with van der Waals surface area (Å²) in [5.41, 5.74) is 2.16. The molecule has 1 aliphatic rings. The summed E-state index contributed by atoms with van der Waals surface area (Å²) in [6.07, 6.45) is 1.28. The summed E-state index contributed by atoms with van der Waals surface area (Å²) in [6, 6.07) is 11.9. The van der Waals surface area contributed by atoms with Gasteiger partial charge in [0.15, 0.2) is 11.5 Å². The number of hydrogen-bond donors (Lipinski definition) is 1. The molecule has 164 valence electrons. The third kappa shape index (κ3) is 6.95. The Balaban J connectivity index is 1.53. The molecule has 1 aromatic carbocycles. The number of pyridine rings is 1. The third-order valence-corrected chi connectivity index (χ3v) is 5.33. The van der Waals surface area contributed by atoms with E-state index in [4.69, 9.17) is 9.47 Å². The summed E-state index contributed by atoms with van der Waals surface area (Å²) in [4.78, 5) is 11.2. The quantitative estimate of drug-likeness (QED) is 0.635. The highest BCUT2D eigenvalue weighted by molar-refractivity contribution is 5.43. The number of aromatic nitrogens is 1. The van der Waals surface area contributed by atoms with E-state index in [1.807, 2.05) is 42.6 Å². The molecule has 0 amide bonds. The second-order valence-electron chi connectivity index (χ2n) is 8.05. The van der Waals surface area contributed by atoms with Crippen LogP contribution in [0.1, 0.15) is 11.3 Å². The fourth-order valence-electron chi connectivity index (χ4n) is 3.64. The molecule has 0 aliphatic carbocycles. The van der Waals surface area contributed by atoms with Crippen molar-refractivity contribution in [2.24, 2.45) is 0 Å². The first-order chi connectivity index (χ1) is 14.5. The van der Waals surface area contributed by atoms with Gasteiger partial charge in [-0.1, -0.05) is 12.1 Å². The van der Waals surface area contributed by atoms with Crippen molar-refractivity contribution in [2.45, 2.75) is 19.2 Å². The van der Waals surface area contributed by atoms with Crippen LogP contribution in [0.2, 0.25) is 0 Å². The summed E-state index contributed by atoms with van der Waals surface area (Å²) in [5, 5.41) is 10.4. The molecule has 0 unspecified atom stereocenters. The molecule has 0 bridgehead atoms. The number of nitrogens with zero attached hydrogens (tertiary/aromatic N) is 4. The lowest BCUT2D eigenvalue weighted by atomic mass is 10.2. The van der Waals surface area contributed by atoms with Gasteiger partial charge < -0.3 is 19.5 Å². The van der Waals surface area contributed by atoms with Crippen LogP contribution in [0.15, 0.2) is 42.6 Å². The molecule has 0 radical (unpaired) electrons. The first kappa shape index (κ1) is 22.5. The highest BCUT2D eigenvalue weighted by Gasteiger charge is 2.18. The minimum atomic E-state index is -0.534. The van der Waals surface area contributed by atoms with E-state index >= 15 is 0 Å². The van der Waals surface area contributed by atoms with E-state index < -0.39 is 6.10 Å². The van der Waals surface area contributed by atoms with Crippen molar-refractivity contribution in [3.63, 3.8) is 0 Å². The van der Waals surface area contributed by atoms with Crippen LogP contribution in [0, 0.1) is 0 Å². The molecule has 7 heteroatoms. The second kappa shape index (κ2) is 11.3. The lowest BCUT2D eigenvalue weighted by Gasteiger charge is -2.33. The van der Waals surface area contributed by atoms with Gasteiger partial charge in [0.25, 0.3) is 0 Å². The number of hydrogen-bond acceptors (Lipinski definition) is 7. The van der Waals surface area contributed by atoms with Crippen molar-refractivity contribution >= 4 is 0 Å². The standard InChI is InChI=1S/C23H34N4O3/c1-25-10-12-27(13-11-25)17-21(28)18-30-23-14-19(7-8-22(23)29-3)15-26(2)16-20-6-4-5-9-24-20/h4-9,14,21,28H,10-13,15-18H2,1-3H3/t21-/m0/s1. The zero-order valence-corrected chi connectivity index (χ0v) is 18.3. The molecule has 1 N–H and O–H groups in total. The normalized spacial score (nSPS) is 16.6. The lowest BCUT2D eigenvalue weighted by Crippen LogP contribution is -2.47. The highest BCUT2D eigenvalue weighted by atomic mass is 16.5. The zero-order valence-electron chi connectivity index (χ0n) is 18.3. The molecule has 1 fully saturated rings. The molecule has 1 saturated heterocycles. The van der Waals surface area contributed by atoms with Crippen molar-refractivity contribution in [3.05, 3.63) is 53.9 Å². The second-order valence-corrected chi connectivity index (χ2v) is 8.05. The lowest BCUT2D eigenvalue weighted by molar-refractivity contribution is 0.0497. The highest BCUT2D eigenvalue weighted by Crippen LogP contribution is 2.29. The van der Waals surface area contributed by atoms with E-state index in [1.54, 1.807) is 7.11 Å². The maximum absolute atomic E-state index is 10.4. The van der Waals surface area contributed by atoms with Crippen LogP contribution in [0.4, 0.5) is 0 Å². The molecule has 2 heterocycles. The van der Waals surface area contributed by atoms with Crippen LogP contribution in [0.25, 0.3) is 0 Å². The van der Waals surface area contributed by atoms with Crippen molar-refractivity contribution in [1.29, 1.82) is 0 Å². The third-order valence-electron chi connectivity index (χ3n) is 5.33. The largest absolute Gasteiger partial charge is 0.493 e. The fraction of sp³-hybridized carbons (Fsp3) is 0.522. The number of rotatable bonds is 10. The summed E-state index contributed by atoms with van der Waals surface area (Å²) >= 11 is 0. The monoisotopic (exact) mass is 414 g/mol. The van der Waals surface area contributed by atoms with Gasteiger partial charge in [0, 0.05) is 52.0 Å². The molecule has 30 heavy (non-hydrogen) atoms. The smallest absolute Gasteiger partial charge is 0.161 e. The van der Waals surface area contributed by atoms with Gasteiger partial charge in [-0.05, 0) is 43.9 Å². The topological polar surface area (TPSA) is 61.3 Å². The molecule has 3 rings (SSSR count). The zero-order chi connectivity index (χ0) is 21.3. The summed E-state index contributed by atoms with van der Waals surface area (Å²) in [7, 11) is 5.83. The first-order valence-electron chi connectivity index (χ1n) is 10.5. The number of ether oxygens (including phenoxy) is 2. The number of benzene rings is 1. The van der Waals surface area contributed by atoms with Gasteiger partial charge in [-0.3, -0.25) is 14.8 Å². The number of piperazine rings is 1. The predicted octanol–water partition coefficient (Wildman–Crippen LogP) is 1.71.